The molecular formula is C32H29IN2O3. The topological polar surface area (TPSA) is 71.3 Å². The van der Waals surface area contributed by atoms with Crippen molar-refractivity contribution >= 4 is 45.4 Å². The van der Waals surface area contributed by atoms with Crippen LogP contribution in [0.15, 0.2) is 107 Å². The van der Waals surface area contributed by atoms with Crippen LogP contribution in [0.4, 0.5) is 0 Å². The molecule has 1 aromatic heterocycles. The van der Waals surface area contributed by atoms with Crippen molar-refractivity contribution in [3.8, 4) is 22.5 Å². The Kier molecular flexibility index (Phi) is 8.63. The molecule has 0 aliphatic carbocycles. The van der Waals surface area contributed by atoms with Crippen molar-refractivity contribution < 1.29 is 14.0 Å². The quantitative estimate of drug-likeness (QED) is 0.159. The van der Waals surface area contributed by atoms with Gasteiger partial charge in [-0.05, 0) is 89.5 Å². The first-order valence-corrected chi connectivity index (χ1v) is 13.3. The maximum atomic E-state index is 12.9. The number of furan rings is 1. The van der Waals surface area contributed by atoms with Crippen LogP contribution in [0.2, 0.25) is 0 Å². The third-order valence-electron chi connectivity index (χ3n) is 6.11. The average Bonchev–Trinajstić information content (AvgIpc) is 3.31. The fourth-order valence-corrected chi connectivity index (χ4v) is 4.42. The number of benzene rings is 3. The van der Waals surface area contributed by atoms with Crippen molar-refractivity contribution in [2.24, 2.45) is 0 Å². The molecule has 2 N–H and O–H groups in total. The molecule has 5 nitrogen and oxygen atoms in total. The number of nitrogens with one attached hydrogen (secondary N) is 2. The lowest BCUT2D eigenvalue weighted by Gasteiger charge is -2.08. The van der Waals surface area contributed by atoms with Crippen LogP contribution in [0, 0.1) is 3.57 Å². The summed E-state index contributed by atoms with van der Waals surface area (Å²) in [5.74, 6) is 0.149. The first kappa shape index (κ1) is 27.1. The molecule has 0 radical (unpaired) electrons. The number of carbonyl (C=O) groups excluding carboxylic acids is 2. The molecule has 0 spiro atoms. The van der Waals surface area contributed by atoms with Gasteiger partial charge < -0.3 is 15.1 Å². The number of rotatable bonds is 8. The number of allylic oxidation sites excluding steroid dienone is 3. The summed E-state index contributed by atoms with van der Waals surface area (Å²) >= 11 is 2.25. The fourth-order valence-electron chi connectivity index (χ4n) is 4.06. The first-order valence-electron chi connectivity index (χ1n) is 12.2. The molecule has 0 aliphatic heterocycles. The van der Waals surface area contributed by atoms with Gasteiger partial charge in [0.2, 0.25) is 0 Å². The van der Waals surface area contributed by atoms with Crippen LogP contribution in [-0.4, -0.2) is 25.4 Å². The molecule has 4 rings (SSSR count). The van der Waals surface area contributed by atoms with Crippen LogP contribution in [-0.2, 0) is 0 Å². The average molecular weight is 616 g/mol. The van der Waals surface area contributed by atoms with Gasteiger partial charge in [-0.3, -0.25) is 9.59 Å². The van der Waals surface area contributed by atoms with Gasteiger partial charge in [-0.2, -0.15) is 0 Å². The highest BCUT2D eigenvalue weighted by molar-refractivity contribution is 14.1. The normalized spacial score (nSPS) is 11.6. The molecule has 0 atom stereocenters. The van der Waals surface area contributed by atoms with E-state index >= 15 is 0 Å². The van der Waals surface area contributed by atoms with E-state index in [1.165, 1.54) is 0 Å². The molecule has 0 aliphatic rings. The molecule has 38 heavy (non-hydrogen) atoms. The van der Waals surface area contributed by atoms with E-state index < -0.39 is 0 Å². The lowest BCUT2D eigenvalue weighted by molar-refractivity contribution is 0.0952. The van der Waals surface area contributed by atoms with E-state index in [1.807, 2.05) is 92.7 Å². The van der Waals surface area contributed by atoms with Gasteiger partial charge in [-0.15, -0.1) is 0 Å². The lowest BCUT2D eigenvalue weighted by atomic mass is 9.99. The SMILES string of the molecule is C=C(C)/C=C\C(=C/C)CNC(=O)c1cccc(-c2ccc3oc(-c4ccc(I)cc4)c(C(=O)NC)c3c2)c1. The lowest BCUT2D eigenvalue weighted by Crippen LogP contribution is -2.25. The monoisotopic (exact) mass is 616 g/mol. The van der Waals surface area contributed by atoms with Crippen molar-refractivity contribution in [2.75, 3.05) is 13.6 Å². The fraction of sp³-hybridized carbons (Fsp3) is 0.125. The third-order valence-corrected chi connectivity index (χ3v) is 6.83. The zero-order valence-electron chi connectivity index (χ0n) is 21.6. The third kappa shape index (κ3) is 6.14. The summed E-state index contributed by atoms with van der Waals surface area (Å²) in [6, 6.07) is 21.1. The summed E-state index contributed by atoms with van der Waals surface area (Å²) in [7, 11) is 1.61. The molecule has 192 valence electrons. The molecule has 0 saturated heterocycles. The molecular weight excluding hydrogens is 587 g/mol. The van der Waals surface area contributed by atoms with Crippen molar-refractivity contribution in [3.05, 3.63) is 117 Å². The molecule has 1 heterocycles. The van der Waals surface area contributed by atoms with Gasteiger partial charge in [0, 0.05) is 33.7 Å². The highest BCUT2D eigenvalue weighted by Gasteiger charge is 2.22. The minimum Gasteiger partial charge on any atom is -0.455 e. The number of halogens is 1. The van der Waals surface area contributed by atoms with Crippen LogP contribution in [0.3, 0.4) is 0 Å². The van der Waals surface area contributed by atoms with Crippen LogP contribution >= 0.6 is 22.6 Å². The van der Waals surface area contributed by atoms with E-state index in [9.17, 15) is 9.59 Å². The van der Waals surface area contributed by atoms with Crippen molar-refractivity contribution in [1.29, 1.82) is 0 Å². The van der Waals surface area contributed by atoms with E-state index in [1.54, 1.807) is 13.1 Å². The molecule has 6 heteroatoms. The Hall–Kier alpha value is -3.91. The zero-order valence-corrected chi connectivity index (χ0v) is 23.8. The minimum atomic E-state index is -0.219. The summed E-state index contributed by atoms with van der Waals surface area (Å²) in [5, 5.41) is 6.44. The smallest absolute Gasteiger partial charge is 0.255 e. The van der Waals surface area contributed by atoms with Crippen molar-refractivity contribution in [2.45, 2.75) is 13.8 Å². The van der Waals surface area contributed by atoms with Crippen LogP contribution in [0.25, 0.3) is 33.4 Å². The molecule has 0 unspecified atom stereocenters. The van der Waals surface area contributed by atoms with Gasteiger partial charge in [0.1, 0.15) is 11.3 Å². The van der Waals surface area contributed by atoms with Gasteiger partial charge >= 0.3 is 0 Å². The standard InChI is InChI=1S/C32H29IN2O3/c1-5-21(10-9-20(2)3)19-35-31(36)25-8-6-7-23(17-25)24-13-16-28-27(18-24)29(32(37)34-4)30(38-28)22-11-14-26(33)15-12-22/h5-18H,2,19H2,1,3-4H3,(H,34,37)(H,35,36)/b10-9-,21-5+. The van der Waals surface area contributed by atoms with Crippen LogP contribution in [0.5, 0.6) is 0 Å². The predicted molar refractivity (Wildman–Crippen MR) is 163 cm³/mol. The Morgan fingerprint density at radius 3 is 2.34 bits per heavy atom. The van der Waals surface area contributed by atoms with E-state index in [2.05, 4.69) is 39.8 Å². The van der Waals surface area contributed by atoms with Crippen molar-refractivity contribution in [3.63, 3.8) is 0 Å². The highest BCUT2D eigenvalue weighted by atomic mass is 127. The molecule has 2 amide bonds. The second-order valence-electron chi connectivity index (χ2n) is 8.91. The molecule has 0 saturated carbocycles. The summed E-state index contributed by atoms with van der Waals surface area (Å²) in [4.78, 5) is 25.9. The Labute approximate surface area is 236 Å². The van der Waals surface area contributed by atoms with Gasteiger partial charge in [0.15, 0.2) is 0 Å². The number of hydrogen-bond acceptors (Lipinski definition) is 3. The zero-order chi connectivity index (χ0) is 27.2. The second-order valence-corrected chi connectivity index (χ2v) is 10.2. The van der Waals surface area contributed by atoms with E-state index in [0.29, 0.717) is 34.4 Å². The number of hydrogen-bond donors (Lipinski definition) is 2. The number of amides is 2. The maximum Gasteiger partial charge on any atom is 0.255 e. The minimum absolute atomic E-state index is 0.161. The van der Waals surface area contributed by atoms with E-state index in [4.69, 9.17) is 4.42 Å². The first-order chi connectivity index (χ1) is 18.3. The predicted octanol–water partition coefficient (Wildman–Crippen LogP) is 7.54. The summed E-state index contributed by atoms with van der Waals surface area (Å²) in [6.07, 6.45) is 5.84. The highest BCUT2D eigenvalue weighted by Crippen LogP contribution is 2.36. The Balaban J connectivity index is 1.66. The Morgan fingerprint density at radius 1 is 0.947 bits per heavy atom. The molecule has 0 bridgehead atoms. The maximum absolute atomic E-state index is 12.9. The largest absolute Gasteiger partial charge is 0.455 e. The summed E-state index contributed by atoms with van der Waals surface area (Å²) in [6.45, 7) is 8.15. The molecule has 4 aromatic rings. The van der Waals surface area contributed by atoms with Crippen LogP contribution in [0.1, 0.15) is 34.6 Å². The Morgan fingerprint density at radius 2 is 1.66 bits per heavy atom. The number of carbonyl (C=O) groups is 2. The summed E-state index contributed by atoms with van der Waals surface area (Å²) in [5.41, 5.74) is 6.19. The van der Waals surface area contributed by atoms with Gasteiger partial charge in [-0.1, -0.05) is 60.7 Å². The van der Waals surface area contributed by atoms with Gasteiger partial charge in [0.05, 0.1) is 5.56 Å². The molecule has 0 fully saturated rings. The summed E-state index contributed by atoms with van der Waals surface area (Å²) < 4.78 is 7.25. The van der Waals surface area contributed by atoms with Gasteiger partial charge in [-0.25, -0.2) is 0 Å². The van der Waals surface area contributed by atoms with Crippen LogP contribution < -0.4 is 10.6 Å². The Bertz CT molecular complexity index is 1580. The second kappa shape index (κ2) is 12.1. The molecule has 3 aromatic carbocycles. The van der Waals surface area contributed by atoms with Crippen molar-refractivity contribution in [1.82, 2.24) is 10.6 Å². The number of fused-ring (bicyclic) bond motifs is 1. The van der Waals surface area contributed by atoms with E-state index in [0.717, 1.165) is 31.4 Å². The van der Waals surface area contributed by atoms with E-state index in [-0.39, 0.29) is 11.8 Å². The van der Waals surface area contributed by atoms with Gasteiger partial charge in [0.25, 0.3) is 11.8 Å².